The molecule has 0 aliphatic rings. The molecule has 0 saturated carbocycles. The Labute approximate surface area is 58.8 Å². The summed E-state index contributed by atoms with van der Waals surface area (Å²) < 4.78 is 4.69. The highest BCUT2D eigenvalue weighted by atomic mass is 16.5. The Morgan fingerprint density at radius 3 is 3.10 bits per heavy atom. The molecule has 0 bridgehead atoms. The highest BCUT2D eigenvalue weighted by Gasteiger charge is 2.03. The average Bonchev–Trinajstić information content (AvgIpc) is 2.38. The van der Waals surface area contributed by atoms with E-state index in [9.17, 15) is 0 Å². The number of hydrogen-bond donors (Lipinski definition) is 1. The van der Waals surface area contributed by atoms with Gasteiger partial charge in [0.2, 0.25) is 0 Å². The number of rotatable bonds is 3. The Bertz CT molecular complexity index is 174. The minimum absolute atomic E-state index is 0.363. The van der Waals surface area contributed by atoms with Crippen LogP contribution < -0.4 is 10.9 Å². The van der Waals surface area contributed by atoms with Crippen molar-refractivity contribution in [2.45, 2.75) is 13.3 Å². The maximum atomic E-state index is 5.49. The van der Waals surface area contributed by atoms with Crippen LogP contribution in [-0.4, -0.2) is 16.7 Å². The monoisotopic (exact) mass is 142 g/mol. The molecule has 2 N–H and O–H groups in total. The lowest BCUT2D eigenvalue weighted by Gasteiger charge is -2.09. The van der Waals surface area contributed by atoms with Crippen molar-refractivity contribution in [3.63, 3.8) is 0 Å². The molecule has 0 radical (unpaired) electrons. The van der Waals surface area contributed by atoms with E-state index < -0.39 is 0 Å². The topological polar surface area (TPSA) is 68.2 Å². The summed E-state index contributed by atoms with van der Waals surface area (Å²) >= 11 is 0. The molecule has 5 nitrogen and oxygen atoms in total. The van der Waals surface area contributed by atoms with Crippen LogP contribution >= 0.6 is 0 Å². The third-order valence-electron chi connectivity index (χ3n) is 1.06. The Morgan fingerprint density at radius 2 is 2.60 bits per heavy atom. The van der Waals surface area contributed by atoms with Crippen molar-refractivity contribution in [1.29, 1.82) is 0 Å². The molecule has 1 heterocycles. The molecule has 0 aromatic carbocycles. The lowest BCUT2D eigenvalue weighted by molar-refractivity contribution is 0.412. The third kappa shape index (κ3) is 1.44. The summed E-state index contributed by atoms with van der Waals surface area (Å²) in [7, 11) is 0. The number of hydrazine groups is 1. The molecule has 1 aromatic heterocycles. The van der Waals surface area contributed by atoms with Crippen LogP contribution in [0.1, 0.15) is 13.3 Å². The average molecular weight is 142 g/mol. The molecule has 0 amide bonds. The Morgan fingerprint density at radius 1 is 1.80 bits per heavy atom. The van der Waals surface area contributed by atoms with Gasteiger partial charge in [-0.2, -0.15) is 4.98 Å². The van der Waals surface area contributed by atoms with Crippen LogP contribution in [0.5, 0.6) is 0 Å². The molecular formula is C5H10N4O. The summed E-state index contributed by atoms with van der Waals surface area (Å²) in [6, 6.07) is 0.363. The molecular weight excluding hydrogens is 132 g/mol. The van der Waals surface area contributed by atoms with E-state index in [1.165, 1.54) is 11.3 Å². The van der Waals surface area contributed by atoms with E-state index >= 15 is 0 Å². The number of hydrogen-bond acceptors (Lipinski definition) is 5. The van der Waals surface area contributed by atoms with Gasteiger partial charge in [-0.3, -0.25) is 5.01 Å². The summed E-state index contributed by atoms with van der Waals surface area (Å²) in [6.07, 6.45) is 2.28. The molecule has 1 rings (SSSR count). The minimum Gasteiger partial charge on any atom is -0.314 e. The zero-order chi connectivity index (χ0) is 7.40. The molecule has 56 valence electrons. The van der Waals surface area contributed by atoms with Gasteiger partial charge in [0, 0.05) is 6.54 Å². The largest absolute Gasteiger partial charge is 0.337 e. The van der Waals surface area contributed by atoms with Gasteiger partial charge in [0.05, 0.1) is 0 Å². The van der Waals surface area contributed by atoms with Gasteiger partial charge in [-0.1, -0.05) is 12.1 Å². The molecule has 1 aromatic rings. The standard InChI is InChI=1S/C5H10N4O/c1-2-3-9(6)5-7-4-8-10-5/h4H,2-3,6H2,1H3. The van der Waals surface area contributed by atoms with Crippen LogP contribution in [0.25, 0.3) is 0 Å². The minimum atomic E-state index is 0.363. The Balaban J connectivity index is 2.50. The maximum Gasteiger partial charge on any atom is 0.337 e. The van der Waals surface area contributed by atoms with Crippen LogP contribution in [0, 0.1) is 0 Å². The zero-order valence-corrected chi connectivity index (χ0v) is 5.82. The quantitative estimate of drug-likeness (QED) is 0.481. The molecule has 0 unspecified atom stereocenters. The van der Waals surface area contributed by atoms with Crippen LogP contribution in [0.2, 0.25) is 0 Å². The highest BCUT2D eigenvalue weighted by molar-refractivity contribution is 5.18. The van der Waals surface area contributed by atoms with Crippen LogP contribution in [0.4, 0.5) is 6.01 Å². The zero-order valence-electron chi connectivity index (χ0n) is 5.82. The molecule has 0 aliphatic heterocycles. The van der Waals surface area contributed by atoms with E-state index in [0.29, 0.717) is 6.01 Å². The SMILES string of the molecule is CCCN(N)c1ncno1. The fourth-order valence-electron chi connectivity index (χ4n) is 0.630. The van der Waals surface area contributed by atoms with Crippen LogP contribution in [0.15, 0.2) is 10.9 Å². The summed E-state index contributed by atoms with van der Waals surface area (Å²) in [5.74, 6) is 5.49. The first-order valence-electron chi connectivity index (χ1n) is 3.13. The molecule has 5 heteroatoms. The maximum absolute atomic E-state index is 5.49. The number of nitrogens with zero attached hydrogens (tertiary/aromatic N) is 3. The third-order valence-corrected chi connectivity index (χ3v) is 1.06. The molecule has 0 atom stereocenters. The van der Waals surface area contributed by atoms with E-state index in [4.69, 9.17) is 5.84 Å². The Hall–Kier alpha value is -1.10. The lowest BCUT2D eigenvalue weighted by atomic mass is 10.5. The second-order valence-corrected chi connectivity index (χ2v) is 1.92. The van der Waals surface area contributed by atoms with Crippen molar-refractivity contribution in [2.75, 3.05) is 11.6 Å². The van der Waals surface area contributed by atoms with Gasteiger partial charge >= 0.3 is 6.01 Å². The van der Waals surface area contributed by atoms with E-state index in [1.54, 1.807) is 0 Å². The summed E-state index contributed by atoms with van der Waals surface area (Å²) in [6.45, 7) is 2.75. The van der Waals surface area contributed by atoms with Crippen molar-refractivity contribution in [2.24, 2.45) is 5.84 Å². The second-order valence-electron chi connectivity index (χ2n) is 1.92. The van der Waals surface area contributed by atoms with Gasteiger partial charge in [0.15, 0.2) is 6.33 Å². The van der Waals surface area contributed by atoms with Crippen LogP contribution in [0.3, 0.4) is 0 Å². The van der Waals surface area contributed by atoms with E-state index in [-0.39, 0.29) is 0 Å². The first kappa shape index (κ1) is 7.01. The number of nitrogens with two attached hydrogens (primary N) is 1. The van der Waals surface area contributed by atoms with Crippen molar-refractivity contribution >= 4 is 6.01 Å². The molecule has 0 aliphatic carbocycles. The predicted molar refractivity (Wildman–Crippen MR) is 36.1 cm³/mol. The van der Waals surface area contributed by atoms with Crippen molar-refractivity contribution in [3.8, 4) is 0 Å². The molecule has 10 heavy (non-hydrogen) atoms. The van der Waals surface area contributed by atoms with Gasteiger partial charge in [-0.05, 0) is 6.42 Å². The molecule has 0 saturated heterocycles. The van der Waals surface area contributed by atoms with E-state index in [1.807, 2.05) is 6.92 Å². The Kier molecular flexibility index (Phi) is 2.22. The van der Waals surface area contributed by atoms with Gasteiger partial charge in [-0.15, -0.1) is 0 Å². The summed E-state index contributed by atoms with van der Waals surface area (Å²) in [5.41, 5.74) is 0. The lowest BCUT2D eigenvalue weighted by Crippen LogP contribution is -2.31. The van der Waals surface area contributed by atoms with Gasteiger partial charge in [0.1, 0.15) is 0 Å². The number of anilines is 1. The predicted octanol–water partition coefficient (Wildman–Crippen LogP) is 0.160. The van der Waals surface area contributed by atoms with Crippen molar-refractivity contribution in [3.05, 3.63) is 6.33 Å². The van der Waals surface area contributed by atoms with Crippen molar-refractivity contribution < 1.29 is 4.52 Å². The normalized spacial score (nSPS) is 9.80. The van der Waals surface area contributed by atoms with Gasteiger partial charge < -0.3 is 4.52 Å². The van der Waals surface area contributed by atoms with Crippen LogP contribution in [-0.2, 0) is 0 Å². The van der Waals surface area contributed by atoms with Gasteiger partial charge in [0.25, 0.3) is 0 Å². The summed E-state index contributed by atoms with van der Waals surface area (Å²) in [5, 5.41) is 4.84. The first-order chi connectivity index (χ1) is 4.84. The number of aromatic nitrogens is 2. The van der Waals surface area contributed by atoms with E-state index in [2.05, 4.69) is 14.7 Å². The van der Waals surface area contributed by atoms with Crippen molar-refractivity contribution in [1.82, 2.24) is 10.1 Å². The fourth-order valence-corrected chi connectivity index (χ4v) is 0.630. The van der Waals surface area contributed by atoms with Gasteiger partial charge in [-0.25, -0.2) is 5.84 Å². The smallest absolute Gasteiger partial charge is 0.314 e. The first-order valence-corrected chi connectivity index (χ1v) is 3.13. The fraction of sp³-hybridized carbons (Fsp3) is 0.600. The molecule has 0 spiro atoms. The molecule has 0 fully saturated rings. The summed E-state index contributed by atoms with van der Waals surface area (Å²) in [4.78, 5) is 3.76. The van der Waals surface area contributed by atoms with E-state index in [0.717, 1.165) is 13.0 Å². The highest BCUT2D eigenvalue weighted by Crippen LogP contribution is 2.02. The second kappa shape index (κ2) is 3.17.